The quantitative estimate of drug-likeness (QED) is 0.685. The van der Waals surface area contributed by atoms with E-state index in [4.69, 9.17) is 23.2 Å². The molecule has 8 nitrogen and oxygen atoms in total. The second-order valence-corrected chi connectivity index (χ2v) is 10.5. The molecule has 2 aliphatic heterocycles. The molecule has 0 saturated carbocycles. The van der Waals surface area contributed by atoms with E-state index < -0.39 is 10.0 Å². The summed E-state index contributed by atoms with van der Waals surface area (Å²) in [4.78, 5) is 27.0. The van der Waals surface area contributed by atoms with Crippen molar-refractivity contribution in [1.29, 1.82) is 0 Å². The number of hydrogen-bond donors (Lipinski definition) is 1. The van der Waals surface area contributed by atoms with Gasteiger partial charge in [0.2, 0.25) is 15.9 Å². The van der Waals surface area contributed by atoms with Crippen LogP contribution in [0.5, 0.6) is 0 Å². The number of halogens is 2. The maximum Gasteiger partial charge on any atom is 0.271 e. The van der Waals surface area contributed by atoms with Crippen LogP contribution in [0.15, 0.2) is 59.1 Å². The van der Waals surface area contributed by atoms with Gasteiger partial charge in [-0.05, 0) is 48.9 Å². The van der Waals surface area contributed by atoms with E-state index >= 15 is 0 Å². The second kappa shape index (κ2) is 9.34. The van der Waals surface area contributed by atoms with Gasteiger partial charge in [-0.15, -0.1) is 0 Å². The van der Waals surface area contributed by atoms with Gasteiger partial charge in [0, 0.05) is 37.6 Å². The number of carbonyl (C=O) groups is 2. The number of amides is 2. The lowest BCUT2D eigenvalue weighted by Crippen LogP contribution is -2.54. The monoisotopic (exact) mass is 508 g/mol. The first kappa shape index (κ1) is 23.6. The zero-order valence-electron chi connectivity index (χ0n) is 17.8. The Labute approximate surface area is 202 Å². The van der Waals surface area contributed by atoms with Crippen molar-refractivity contribution in [3.63, 3.8) is 0 Å². The van der Waals surface area contributed by atoms with E-state index in [9.17, 15) is 18.0 Å². The summed E-state index contributed by atoms with van der Waals surface area (Å²) < 4.78 is 27.3. The van der Waals surface area contributed by atoms with Gasteiger partial charge in [-0.1, -0.05) is 35.3 Å². The summed E-state index contributed by atoms with van der Waals surface area (Å²) >= 11 is 12.0. The number of hydrazine groups is 1. The van der Waals surface area contributed by atoms with Crippen LogP contribution in [0.25, 0.3) is 0 Å². The number of nitrogens with one attached hydrogen (secondary N) is 1. The average Bonchev–Trinajstić information content (AvgIpc) is 2.80. The first-order valence-corrected chi connectivity index (χ1v) is 12.5. The van der Waals surface area contributed by atoms with Crippen molar-refractivity contribution >= 4 is 50.7 Å². The van der Waals surface area contributed by atoms with Gasteiger partial charge < -0.3 is 4.90 Å². The topological polar surface area (TPSA) is 90.0 Å². The lowest BCUT2D eigenvalue weighted by Gasteiger charge is -2.36. The van der Waals surface area contributed by atoms with Crippen LogP contribution in [0, 0.1) is 6.92 Å². The van der Waals surface area contributed by atoms with E-state index in [0.717, 1.165) is 5.56 Å². The van der Waals surface area contributed by atoms with Crippen LogP contribution in [0.2, 0.25) is 10.0 Å². The molecule has 2 heterocycles. The van der Waals surface area contributed by atoms with Gasteiger partial charge in [0.05, 0.1) is 10.7 Å². The normalized spacial score (nSPS) is 17.5. The molecule has 2 aromatic carbocycles. The standard InChI is InChI=1S/C22H22Cl2N4O4S/c1-15-3-2-4-17(13-15)28-21(29)8-7-19(25-28)22(30)26-9-11-27(12-10-26)33(31,32)20-14-16(23)5-6-18(20)24/h2-7,13-14,25H,8-12H2,1H3. The number of nitrogens with zero attached hydrogens (tertiary/aromatic N) is 3. The lowest BCUT2D eigenvalue weighted by molar-refractivity contribution is -0.129. The highest BCUT2D eigenvalue weighted by Gasteiger charge is 2.34. The Morgan fingerprint density at radius 3 is 2.45 bits per heavy atom. The van der Waals surface area contributed by atoms with E-state index in [2.05, 4.69) is 5.43 Å². The maximum atomic E-state index is 13.1. The number of carbonyl (C=O) groups excluding carboxylic acids is 2. The Morgan fingerprint density at radius 1 is 1.03 bits per heavy atom. The molecule has 0 spiro atoms. The fraction of sp³-hybridized carbons (Fsp3) is 0.273. The number of sulfonamides is 1. The SMILES string of the molecule is Cc1cccc(N2NC(C(=O)N3CCN(S(=O)(=O)c4cc(Cl)ccc4Cl)CC3)=CCC2=O)c1. The third-order valence-corrected chi connectivity index (χ3v) is 8.10. The Balaban J connectivity index is 1.44. The van der Waals surface area contributed by atoms with Crippen molar-refractivity contribution in [1.82, 2.24) is 14.6 Å². The van der Waals surface area contributed by atoms with Crippen molar-refractivity contribution in [3.8, 4) is 0 Å². The third-order valence-electron chi connectivity index (χ3n) is 5.49. The van der Waals surface area contributed by atoms with Gasteiger partial charge in [-0.3, -0.25) is 15.0 Å². The number of benzene rings is 2. The molecule has 2 aromatic rings. The van der Waals surface area contributed by atoms with Crippen LogP contribution < -0.4 is 10.4 Å². The number of aryl methyl sites for hydroxylation is 1. The zero-order chi connectivity index (χ0) is 23.8. The van der Waals surface area contributed by atoms with Crippen LogP contribution >= 0.6 is 23.2 Å². The summed E-state index contributed by atoms with van der Waals surface area (Å²) in [7, 11) is -3.85. The molecule has 0 bridgehead atoms. The molecule has 11 heteroatoms. The van der Waals surface area contributed by atoms with Crippen LogP contribution in [0.3, 0.4) is 0 Å². The van der Waals surface area contributed by atoms with Crippen molar-refractivity contribution in [2.75, 3.05) is 31.2 Å². The molecular weight excluding hydrogens is 487 g/mol. The summed E-state index contributed by atoms with van der Waals surface area (Å²) in [5.41, 5.74) is 4.83. The Kier molecular flexibility index (Phi) is 6.67. The largest absolute Gasteiger partial charge is 0.335 e. The molecule has 33 heavy (non-hydrogen) atoms. The smallest absolute Gasteiger partial charge is 0.271 e. The van der Waals surface area contributed by atoms with Crippen molar-refractivity contribution in [2.45, 2.75) is 18.2 Å². The number of piperazine rings is 1. The van der Waals surface area contributed by atoms with E-state index in [0.29, 0.717) is 5.69 Å². The van der Waals surface area contributed by atoms with E-state index in [1.54, 1.807) is 17.0 Å². The number of rotatable bonds is 4. The summed E-state index contributed by atoms with van der Waals surface area (Å²) in [6, 6.07) is 11.7. The fourth-order valence-corrected chi connectivity index (χ4v) is 5.90. The van der Waals surface area contributed by atoms with Gasteiger partial charge >= 0.3 is 0 Å². The van der Waals surface area contributed by atoms with E-state index in [-0.39, 0.29) is 65.1 Å². The molecule has 1 saturated heterocycles. The molecule has 0 unspecified atom stereocenters. The van der Waals surface area contributed by atoms with E-state index in [1.165, 1.54) is 27.5 Å². The molecule has 2 amide bonds. The average molecular weight is 509 g/mol. The van der Waals surface area contributed by atoms with Gasteiger partial charge in [-0.2, -0.15) is 4.31 Å². The second-order valence-electron chi connectivity index (χ2n) is 7.77. The fourth-order valence-electron chi connectivity index (χ4n) is 3.74. The lowest BCUT2D eigenvalue weighted by atomic mass is 10.2. The highest BCUT2D eigenvalue weighted by molar-refractivity contribution is 7.89. The summed E-state index contributed by atoms with van der Waals surface area (Å²) in [5, 5.41) is 1.73. The first-order valence-electron chi connectivity index (χ1n) is 10.3. The zero-order valence-corrected chi connectivity index (χ0v) is 20.1. The van der Waals surface area contributed by atoms with Crippen molar-refractivity contribution in [3.05, 3.63) is 69.8 Å². The predicted molar refractivity (Wildman–Crippen MR) is 126 cm³/mol. The molecule has 174 valence electrons. The Morgan fingerprint density at radius 2 is 1.76 bits per heavy atom. The van der Waals surface area contributed by atoms with Gasteiger partial charge in [0.25, 0.3) is 5.91 Å². The summed E-state index contributed by atoms with van der Waals surface area (Å²) in [5.74, 6) is -0.468. The Bertz CT molecular complexity index is 1240. The van der Waals surface area contributed by atoms with Crippen LogP contribution in [0.4, 0.5) is 5.69 Å². The molecule has 0 radical (unpaired) electrons. The van der Waals surface area contributed by atoms with Gasteiger partial charge in [0.1, 0.15) is 10.6 Å². The van der Waals surface area contributed by atoms with Gasteiger partial charge in [0.15, 0.2) is 0 Å². The molecule has 1 N–H and O–H groups in total. The molecular formula is C22H22Cl2N4O4S. The number of anilines is 1. The van der Waals surface area contributed by atoms with Crippen LogP contribution in [-0.4, -0.2) is 55.6 Å². The minimum absolute atomic E-state index is 0.0552. The highest BCUT2D eigenvalue weighted by atomic mass is 35.5. The Hall–Kier alpha value is -2.59. The molecule has 2 aliphatic rings. The predicted octanol–water partition coefficient (Wildman–Crippen LogP) is 2.96. The minimum atomic E-state index is -3.85. The summed E-state index contributed by atoms with van der Waals surface area (Å²) in [6.45, 7) is 2.56. The van der Waals surface area contributed by atoms with Gasteiger partial charge in [-0.25, -0.2) is 13.4 Å². The van der Waals surface area contributed by atoms with E-state index in [1.807, 2.05) is 25.1 Å². The molecule has 0 aliphatic carbocycles. The summed E-state index contributed by atoms with van der Waals surface area (Å²) in [6.07, 6.45) is 1.65. The third kappa shape index (κ3) is 4.86. The minimum Gasteiger partial charge on any atom is -0.335 e. The maximum absolute atomic E-state index is 13.1. The van der Waals surface area contributed by atoms with Crippen molar-refractivity contribution < 1.29 is 18.0 Å². The molecule has 0 aromatic heterocycles. The highest BCUT2D eigenvalue weighted by Crippen LogP contribution is 2.28. The number of hydrogen-bond acceptors (Lipinski definition) is 5. The first-order chi connectivity index (χ1) is 15.7. The molecule has 4 rings (SSSR count). The molecule has 0 atom stereocenters. The van der Waals surface area contributed by atoms with Crippen LogP contribution in [-0.2, 0) is 19.6 Å². The van der Waals surface area contributed by atoms with Crippen LogP contribution in [0.1, 0.15) is 12.0 Å². The van der Waals surface area contributed by atoms with Crippen molar-refractivity contribution in [2.24, 2.45) is 0 Å². The molecule has 1 fully saturated rings.